The van der Waals surface area contributed by atoms with E-state index in [1.807, 2.05) is 30.3 Å². The van der Waals surface area contributed by atoms with Crippen LogP contribution >= 0.6 is 18.5 Å². The Morgan fingerprint density at radius 2 is 2.11 bits per heavy atom. The Bertz CT molecular complexity index is 1600. The third-order valence-corrected chi connectivity index (χ3v) is 8.32. The second kappa shape index (κ2) is 8.75. The van der Waals surface area contributed by atoms with Crippen LogP contribution in [-0.2, 0) is 30.4 Å². The molecule has 36 heavy (non-hydrogen) atoms. The maximum absolute atomic E-state index is 13.4. The number of H-pyrrole nitrogens is 1. The van der Waals surface area contributed by atoms with Crippen molar-refractivity contribution in [1.82, 2.24) is 23.9 Å². The third-order valence-electron chi connectivity index (χ3n) is 5.84. The molecule has 2 aliphatic rings. The van der Waals surface area contributed by atoms with Gasteiger partial charge in [-0.05, 0) is 5.56 Å². The van der Waals surface area contributed by atoms with Crippen molar-refractivity contribution >= 4 is 53.2 Å². The summed E-state index contributed by atoms with van der Waals surface area (Å²) in [5.41, 5.74) is 1.01. The van der Waals surface area contributed by atoms with Gasteiger partial charge in [-0.2, -0.15) is 4.98 Å². The number of benzene rings is 1. The van der Waals surface area contributed by atoms with Crippen LogP contribution in [-0.4, -0.2) is 70.8 Å². The highest BCUT2D eigenvalue weighted by Gasteiger charge is 2.50. The molecule has 5 heterocycles. The number of hydrogen-bond donors (Lipinski definition) is 3. The number of aromatic amines is 1. The first-order valence-electron chi connectivity index (χ1n) is 10.6. The number of aliphatic hydroxyl groups excluding tert-OH is 1. The Kier molecular flexibility index (Phi) is 5.77. The fraction of sp³-hybridized carbons (Fsp3) is 0.300. The average molecular weight is 550 g/mol. The fourth-order valence-corrected chi connectivity index (χ4v) is 6.44. The average Bonchev–Trinajstić information content (AvgIpc) is 3.52. The van der Waals surface area contributed by atoms with Crippen LogP contribution in [0.25, 0.3) is 28.2 Å². The van der Waals surface area contributed by atoms with Gasteiger partial charge in [0.05, 0.1) is 18.1 Å². The van der Waals surface area contributed by atoms with Gasteiger partial charge in [0.2, 0.25) is 5.78 Å². The molecule has 1 aromatic carbocycles. The van der Waals surface area contributed by atoms with Crippen LogP contribution in [0.4, 0.5) is 0 Å². The van der Waals surface area contributed by atoms with Crippen LogP contribution in [0.15, 0.2) is 46.5 Å². The molecule has 16 heteroatoms. The van der Waals surface area contributed by atoms with Crippen LogP contribution in [0.1, 0.15) is 6.23 Å². The van der Waals surface area contributed by atoms with Gasteiger partial charge in [-0.25, -0.2) is 9.38 Å². The van der Waals surface area contributed by atoms with E-state index in [1.54, 1.807) is 6.20 Å². The number of carbonyl (C=O) groups is 1. The highest BCUT2D eigenvalue weighted by molar-refractivity contribution is 8.06. The molecule has 0 bridgehead atoms. The number of rotatable bonds is 5. The number of aliphatic carboxylic acids is 1. The maximum Gasteiger partial charge on any atom is 0.313 e. The minimum Gasteiger partial charge on any atom is -0.780 e. The predicted octanol–water partition coefficient (Wildman–Crippen LogP) is 0.474. The van der Waals surface area contributed by atoms with Crippen LogP contribution in [0.2, 0.25) is 0 Å². The molecule has 0 spiro atoms. The van der Waals surface area contributed by atoms with E-state index in [1.165, 1.54) is 8.97 Å². The normalized spacial score (nSPS) is 28.1. The lowest BCUT2D eigenvalue weighted by Gasteiger charge is -2.38. The molecule has 13 nitrogen and oxygen atoms in total. The summed E-state index contributed by atoms with van der Waals surface area (Å²) >= 11 is 5.63. The summed E-state index contributed by atoms with van der Waals surface area (Å²) in [4.78, 5) is 48.8. The highest BCUT2D eigenvalue weighted by Crippen LogP contribution is 2.50. The number of fused-ring (bicyclic) bond motifs is 3. The molecule has 0 radical (unpaired) electrons. The molecule has 0 aliphatic carbocycles. The largest absolute Gasteiger partial charge is 0.780 e. The maximum atomic E-state index is 13.4. The number of carboxylic acid groups (broad SMARTS) is 1. The third kappa shape index (κ3) is 3.97. The van der Waals surface area contributed by atoms with Crippen LogP contribution in [0, 0.1) is 0 Å². The second-order valence-electron chi connectivity index (χ2n) is 8.13. The van der Waals surface area contributed by atoms with Crippen molar-refractivity contribution in [3.8, 4) is 11.3 Å². The summed E-state index contributed by atoms with van der Waals surface area (Å²) in [7, 11) is 0. The van der Waals surface area contributed by atoms with Gasteiger partial charge in [-0.3, -0.25) is 14.2 Å². The Morgan fingerprint density at radius 1 is 1.33 bits per heavy atom. The van der Waals surface area contributed by atoms with E-state index in [4.69, 9.17) is 25.6 Å². The molecule has 0 amide bonds. The standard InChI is InChI=1S/C20H18N5O8PS2/c26-12(27)8-36-20-22-13-16(25(20)18-14(28)15-11(32-18)7-31-34(30,35)33-15)23-19-21-10(6-24(19)17(13)29)9-4-2-1-3-5-9/h1-6,11,14-15,18,28H,7-8H2,(H,21,23)(H,26,27)(H,30,35)/p-1/t11?,14?,15-,18-,34?/m1/s1. The van der Waals surface area contributed by atoms with Crippen molar-refractivity contribution in [2.75, 3.05) is 12.4 Å². The van der Waals surface area contributed by atoms with E-state index < -0.39 is 42.8 Å². The number of aromatic nitrogens is 5. The molecular formula is C20H17N5O8PS2-. The Labute approximate surface area is 210 Å². The van der Waals surface area contributed by atoms with Crippen molar-refractivity contribution < 1.29 is 33.7 Å². The van der Waals surface area contributed by atoms with E-state index in [0.717, 1.165) is 17.3 Å². The number of ether oxygens (including phenoxy) is 1. The summed E-state index contributed by atoms with van der Waals surface area (Å²) < 4.78 is 18.9. The van der Waals surface area contributed by atoms with Crippen molar-refractivity contribution in [1.29, 1.82) is 0 Å². The zero-order valence-electron chi connectivity index (χ0n) is 18.1. The Balaban J connectivity index is 1.50. The smallest absolute Gasteiger partial charge is 0.313 e. The predicted molar refractivity (Wildman–Crippen MR) is 128 cm³/mol. The Morgan fingerprint density at radius 3 is 2.86 bits per heavy atom. The number of imidazole rings is 2. The monoisotopic (exact) mass is 550 g/mol. The van der Waals surface area contributed by atoms with E-state index in [-0.39, 0.29) is 34.5 Å². The molecule has 0 saturated carbocycles. The van der Waals surface area contributed by atoms with Gasteiger partial charge in [0.25, 0.3) is 5.56 Å². The highest BCUT2D eigenvalue weighted by atomic mass is 32.5. The van der Waals surface area contributed by atoms with E-state index in [2.05, 4.69) is 15.0 Å². The molecule has 6 rings (SSSR count). The summed E-state index contributed by atoms with van der Waals surface area (Å²) in [5, 5.41) is 20.3. The topological polar surface area (TPSA) is 176 Å². The number of carboxylic acids is 1. The Hall–Kier alpha value is -2.62. The molecule has 3 aromatic heterocycles. The van der Waals surface area contributed by atoms with Gasteiger partial charge >= 0.3 is 5.97 Å². The lowest BCUT2D eigenvalue weighted by molar-refractivity contribution is -0.227. The summed E-state index contributed by atoms with van der Waals surface area (Å²) in [6, 6.07) is 9.34. The van der Waals surface area contributed by atoms with Gasteiger partial charge in [-0.1, -0.05) is 53.9 Å². The summed E-state index contributed by atoms with van der Waals surface area (Å²) in [6.07, 6.45) is -2.81. The first kappa shape index (κ1) is 23.8. The number of thioether (sulfide) groups is 1. The summed E-state index contributed by atoms with van der Waals surface area (Å²) in [5.74, 6) is -1.26. The van der Waals surface area contributed by atoms with E-state index in [9.17, 15) is 24.7 Å². The first-order valence-corrected chi connectivity index (χ1v) is 14.2. The fourth-order valence-electron chi connectivity index (χ4n) is 4.27. The second-order valence-corrected chi connectivity index (χ2v) is 11.8. The van der Waals surface area contributed by atoms with E-state index >= 15 is 0 Å². The van der Waals surface area contributed by atoms with Crippen molar-refractivity contribution in [3.05, 3.63) is 46.9 Å². The van der Waals surface area contributed by atoms with E-state index in [0.29, 0.717) is 5.69 Å². The molecule has 4 aromatic rings. The molecule has 188 valence electrons. The lowest BCUT2D eigenvalue weighted by Crippen LogP contribution is -2.41. The van der Waals surface area contributed by atoms with Gasteiger partial charge in [0, 0.05) is 6.20 Å². The molecule has 2 saturated heterocycles. The van der Waals surface area contributed by atoms with Gasteiger partial charge in [-0.15, -0.1) is 0 Å². The van der Waals surface area contributed by atoms with Crippen LogP contribution in [0.3, 0.4) is 0 Å². The first-order chi connectivity index (χ1) is 17.2. The quantitative estimate of drug-likeness (QED) is 0.232. The van der Waals surface area contributed by atoms with Gasteiger partial charge in [0.1, 0.15) is 25.0 Å². The zero-order chi connectivity index (χ0) is 25.2. The van der Waals surface area contributed by atoms with Crippen molar-refractivity contribution in [3.63, 3.8) is 0 Å². The lowest BCUT2D eigenvalue weighted by atomic mass is 10.1. The molecule has 3 unspecified atom stereocenters. The number of nitrogens with zero attached hydrogens (tertiary/aromatic N) is 4. The number of hydrogen-bond acceptors (Lipinski definition) is 11. The number of aliphatic hydroxyl groups is 1. The molecule has 3 N–H and O–H groups in total. The summed E-state index contributed by atoms with van der Waals surface area (Å²) in [6.45, 7) is -3.95. The zero-order valence-corrected chi connectivity index (χ0v) is 20.6. The van der Waals surface area contributed by atoms with Crippen molar-refractivity contribution in [2.45, 2.75) is 29.7 Å². The van der Waals surface area contributed by atoms with Gasteiger partial charge in [0.15, 0.2) is 22.5 Å². The molecule has 2 fully saturated rings. The van der Waals surface area contributed by atoms with Crippen molar-refractivity contribution in [2.24, 2.45) is 0 Å². The van der Waals surface area contributed by atoms with Crippen LogP contribution < -0.4 is 10.5 Å². The SMILES string of the molecule is O=C(O)CSc1nc2c(=O)n3cc(-c4ccccc4)[nH]c3nc2n1[C@@H]1OC2COP([O-])(=S)O[C@H]2C1O. The molecule has 5 atom stereocenters. The number of nitrogens with one attached hydrogen (secondary N) is 1. The van der Waals surface area contributed by atoms with Gasteiger partial charge < -0.3 is 33.9 Å². The minimum atomic E-state index is -3.79. The molecular weight excluding hydrogens is 533 g/mol. The van der Waals surface area contributed by atoms with Crippen LogP contribution in [0.5, 0.6) is 0 Å². The molecule has 2 aliphatic heterocycles. The minimum absolute atomic E-state index is 0.0456.